The van der Waals surface area contributed by atoms with E-state index < -0.39 is 18.2 Å². The number of rotatable bonds is 7. The Morgan fingerprint density at radius 2 is 1.73 bits per heavy atom. The molecule has 0 unspecified atom stereocenters. The molecule has 3 rings (SSSR count). The highest BCUT2D eigenvalue weighted by Gasteiger charge is 2.34. The van der Waals surface area contributed by atoms with E-state index in [9.17, 15) is 15.0 Å². The predicted octanol–water partition coefficient (Wildman–Crippen LogP) is 1.43. The number of benzene rings is 1. The Bertz CT molecular complexity index is 690. The van der Waals surface area contributed by atoms with Crippen LogP contribution < -0.4 is 5.32 Å². The maximum atomic E-state index is 13.0. The van der Waals surface area contributed by atoms with Crippen LogP contribution in [0.2, 0.25) is 0 Å². The van der Waals surface area contributed by atoms with Crippen molar-refractivity contribution < 1.29 is 15.0 Å². The van der Waals surface area contributed by atoms with Gasteiger partial charge in [0.15, 0.2) is 0 Å². The van der Waals surface area contributed by atoms with E-state index in [4.69, 9.17) is 0 Å². The van der Waals surface area contributed by atoms with E-state index in [1.807, 2.05) is 30.3 Å². The summed E-state index contributed by atoms with van der Waals surface area (Å²) in [5.41, 5.74) is 1.49. The Hall–Kier alpha value is -2.28. The van der Waals surface area contributed by atoms with Gasteiger partial charge in [-0.2, -0.15) is 0 Å². The van der Waals surface area contributed by atoms with Crippen molar-refractivity contribution in [3.05, 3.63) is 66.0 Å². The van der Waals surface area contributed by atoms with Crippen LogP contribution in [0.4, 0.5) is 0 Å². The molecule has 1 aromatic heterocycles. The zero-order valence-electron chi connectivity index (χ0n) is 14.7. The first-order chi connectivity index (χ1) is 12.7. The molecule has 3 N–H and O–H groups in total. The summed E-state index contributed by atoms with van der Waals surface area (Å²) in [6.45, 7) is 1.24. The fourth-order valence-corrected chi connectivity index (χ4v) is 3.34. The van der Waals surface area contributed by atoms with Gasteiger partial charge in [0.2, 0.25) is 5.91 Å². The molecular weight excluding hydrogens is 330 g/mol. The molecule has 6 nitrogen and oxygen atoms in total. The van der Waals surface area contributed by atoms with Gasteiger partial charge in [0, 0.05) is 25.5 Å². The van der Waals surface area contributed by atoms with Crippen LogP contribution in [0.15, 0.2) is 54.9 Å². The molecule has 1 amide bonds. The molecule has 0 spiro atoms. The number of carbonyl (C=O) groups is 1. The van der Waals surface area contributed by atoms with Crippen LogP contribution in [0.1, 0.15) is 36.1 Å². The molecule has 1 fully saturated rings. The number of aliphatic hydroxyl groups is 2. The van der Waals surface area contributed by atoms with Crippen LogP contribution in [-0.4, -0.2) is 51.7 Å². The van der Waals surface area contributed by atoms with E-state index in [0.29, 0.717) is 18.7 Å². The normalized spacial score (nSPS) is 17.7. The molecule has 2 heterocycles. The molecule has 1 aliphatic heterocycles. The Labute approximate surface area is 153 Å². The molecule has 0 aliphatic carbocycles. The number of likely N-dealkylation sites (tertiary alicyclic amines) is 1. The molecule has 26 heavy (non-hydrogen) atoms. The van der Waals surface area contributed by atoms with Crippen LogP contribution in [0.3, 0.4) is 0 Å². The number of carbonyl (C=O) groups excluding carboxylic acids is 1. The minimum atomic E-state index is -1.02. The third kappa shape index (κ3) is 4.27. The Morgan fingerprint density at radius 3 is 2.35 bits per heavy atom. The van der Waals surface area contributed by atoms with Crippen molar-refractivity contribution in [2.75, 3.05) is 19.7 Å². The molecule has 1 aromatic carbocycles. The van der Waals surface area contributed by atoms with Crippen LogP contribution >= 0.6 is 0 Å². The average Bonchev–Trinajstić information content (AvgIpc) is 3.24. The van der Waals surface area contributed by atoms with Gasteiger partial charge in [-0.25, -0.2) is 0 Å². The van der Waals surface area contributed by atoms with E-state index >= 15 is 0 Å². The minimum Gasteiger partial charge on any atom is -0.394 e. The van der Waals surface area contributed by atoms with Gasteiger partial charge < -0.3 is 15.1 Å². The number of hydrogen-bond acceptors (Lipinski definition) is 5. The van der Waals surface area contributed by atoms with E-state index in [1.54, 1.807) is 29.4 Å². The summed E-state index contributed by atoms with van der Waals surface area (Å²) in [4.78, 5) is 18.8. The maximum Gasteiger partial charge on any atom is 0.242 e. The van der Waals surface area contributed by atoms with Crippen molar-refractivity contribution in [2.24, 2.45) is 0 Å². The van der Waals surface area contributed by atoms with Crippen molar-refractivity contribution in [2.45, 2.75) is 31.0 Å². The second-order valence-corrected chi connectivity index (χ2v) is 6.55. The van der Waals surface area contributed by atoms with Gasteiger partial charge in [-0.15, -0.1) is 0 Å². The second-order valence-electron chi connectivity index (χ2n) is 6.55. The van der Waals surface area contributed by atoms with Gasteiger partial charge >= 0.3 is 0 Å². The predicted molar refractivity (Wildman–Crippen MR) is 98.2 cm³/mol. The Morgan fingerprint density at radius 1 is 1.08 bits per heavy atom. The first-order valence-electron chi connectivity index (χ1n) is 8.99. The van der Waals surface area contributed by atoms with E-state index in [1.165, 1.54) is 0 Å². The number of aromatic nitrogens is 1. The molecule has 0 saturated carbocycles. The topological polar surface area (TPSA) is 85.7 Å². The highest BCUT2D eigenvalue weighted by Crippen LogP contribution is 2.23. The van der Waals surface area contributed by atoms with Gasteiger partial charge in [-0.05, 0) is 36.1 Å². The van der Waals surface area contributed by atoms with Crippen molar-refractivity contribution in [1.82, 2.24) is 15.2 Å². The third-order valence-electron chi connectivity index (χ3n) is 4.81. The lowest BCUT2D eigenvalue weighted by molar-refractivity contribution is -0.135. The quantitative estimate of drug-likeness (QED) is 0.700. The SMILES string of the molecule is O=C([C@H](N[C@@H](CO)c1ccccc1)[C@@H](O)c1ccncc1)N1CCCC1. The molecular formula is C20H25N3O3. The second kappa shape index (κ2) is 8.89. The van der Waals surface area contributed by atoms with Gasteiger partial charge in [0.25, 0.3) is 0 Å². The number of nitrogens with zero attached hydrogens (tertiary/aromatic N) is 2. The average molecular weight is 355 g/mol. The lowest BCUT2D eigenvalue weighted by Gasteiger charge is -2.31. The summed E-state index contributed by atoms with van der Waals surface area (Å²) < 4.78 is 0. The highest BCUT2D eigenvalue weighted by molar-refractivity contribution is 5.83. The van der Waals surface area contributed by atoms with Gasteiger partial charge in [-0.1, -0.05) is 30.3 Å². The molecule has 3 atom stereocenters. The lowest BCUT2D eigenvalue weighted by Crippen LogP contribution is -2.50. The number of aliphatic hydroxyl groups excluding tert-OH is 2. The van der Waals surface area contributed by atoms with E-state index in [0.717, 1.165) is 18.4 Å². The van der Waals surface area contributed by atoms with Crippen LogP contribution in [-0.2, 0) is 4.79 Å². The fraction of sp³-hybridized carbons (Fsp3) is 0.400. The number of pyridine rings is 1. The molecule has 138 valence electrons. The zero-order chi connectivity index (χ0) is 18.4. The number of amides is 1. The molecule has 2 aromatic rings. The Balaban J connectivity index is 1.85. The molecule has 1 saturated heterocycles. The van der Waals surface area contributed by atoms with Gasteiger partial charge in [0.1, 0.15) is 12.1 Å². The molecule has 0 radical (unpaired) electrons. The van der Waals surface area contributed by atoms with Crippen LogP contribution in [0.5, 0.6) is 0 Å². The zero-order valence-corrected chi connectivity index (χ0v) is 14.7. The highest BCUT2D eigenvalue weighted by atomic mass is 16.3. The minimum absolute atomic E-state index is 0.138. The molecule has 1 aliphatic rings. The summed E-state index contributed by atoms with van der Waals surface area (Å²) in [6, 6.07) is 11.6. The Kier molecular flexibility index (Phi) is 6.33. The monoisotopic (exact) mass is 355 g/mol. The van der Waals surface area contributed by atoms with Gasteiger partial charge in [-0.3, -0.25) is 15.1 Å². The van der Waals surface area contributed by atoms with Crippen molar-refractivity contribution in [1.29, 1.82) is 0 Å². The van der Waals surface area contributed by atoms with E-state index in [2.05, 4.69) is 10.3 Å². The van der Waals surface area contributed by atoms with Crippen LogP contribution in [0.25, 0.3) is 0 Å². The third-order valence-corrected chi connectivity index (χ3v) is 4.81. The largest absolute Gasteiger partial charge is 0.394 e. The van der Waals surface area contributed by atoms with Crippen molar-refractivity contribution in [3.63, 3.8) is 0 Å². The molecule has 6 heteroatoms. The first-order valence-corrected chi connectivity index (χ1v) is 8.99. The van der Waals surface area contributed by atoms with E-state index in [-0.39, 0.29) is 12.5 Å². The number of hydrogen-bond donors (Lipinski definition) is 3. The summed E-state index contributed by atoms with van der Waals surface area (Å²) in [5, 5.41) is 23.9. The maximum absolute atomic E-state index is 13.0. The number of nitrogens with one attached hydrogen (secondary N) is 1. The smallest absolute Gasteiger partial charge is 0.242 e. The van der Waals surface area contributed by atoms with Gasteiger partial charge in [0.05, 0.1) is 12.6 Å². The lowest BCUT2D eigenvalue weighted by atomic mass is 9.99. The summed E-state index contributed by atoms with van der Waals surface area (Å²) in [5.74, 6) is -0.138. The summed E-state index contributed by atoms with van der Waals surface area (Å²) >= 11 is 0. The van der Waals surface area contributed by atoms with Crippen molar-refractivity contribution in [3.8, 4) is 0 Å². The van der Waals surface area contributed by atoms with Crippen molar-refractivity contribution >= 4 is 5.91 Å². The summed E-state index contributed by atoms with van der Waals surface area (Å²) in [6.07, 6.45) is 4.12. The van der Waals surface area contributed by atoms with Crippen LogP contribution in [0, 0.1) is 0 Å². The fourth-order valence-electron chi connectivity index (χ4n) is 3.34. The first kappa shape index (κ1) is 18.5. The summed E-state index contributed by atoms with van der Waals surface area (Å²) in [7, 11) is 0. The molecule has 0 bridgehead atoms. The standard InChI is InChI=1S/C20H25N3O3/c24-14-17(15-6-2-1-3-7-15)22-18(20(26)23-12-4-5-13-23)19(25)16-8-10-21-11-9-16/h1-3,6-11,17-19,22,24-25H,4-5,12-14H2/t17-,18+,19-/m0/s1.